The summed E-state index contributed by atoms with van der Waals surface area (Å²) in [6, 6.07) is 95.1. The summed E-state index contributed by atoms with van der Waals surface area (Å²) >= 11 is 10.8. The van der Waals surface area contributed by atoms with Crippen molar-refractivity contribution in [2.75, 3.05) is 13.2 Å². The number of benzene rings is 12. The molecule has 0 spiro atoms. The zero-order valence-electron chi connectivity index (χ0n) is 80.7. The fourth-order valence-electron chi connectivity index (χ4n) is 14.7. The predicted molar refractivity (Wildman–Crippen MR) is 581 cm³/mol. The Balaban J connectivity index is 0. The fraction of sp³-hybridized carbons (Fsp3) is 0.363. The normalized spacial score (nSPS) is 13.7. The zero-order chi connectivity index (χ0) is 93.8. The third kappa shape index (κ3) is 49.7. The second-order valence-corrected chi connectivity index (χ2v) is 28.6. The van der Waals surface area contributed by atoms with Gasteiger partial charge < -0.3 is 9.47 Å². The van der Waals surface area contributed by atoms with Crippen molar-refractivity contribution >= 4 is 236 Å². The number of nitrogens with zero attached hydrogens (tertiary/aromatic N) is 2. The van der Waals surface area contributed by atoms with Crippen LogP contribution < -0.4 is 10.4 Å². The number of ether oxygens (including phenoxy) is 2. The second kappa shape index (κ2) is 83.6. The largest absolute Gasteiger partial charge is 0.0616 e. The van der Waals surface area contributed by atoms with Crippen LogP contribution in [0.1, 0.15) is 183 Å². The molecule has 5 aliphatic rings. The van der Waals surface area contributed by atoms with E-state index in [1.165, 1.54) is 342 Å². The topological polar surface area (TPSA) is 44.2 Å². The van der Waals surface area contributed by atoms with Crippen LogP contribution in [-0.4, -0.2) is 210 Å². The standard InChI is InChI=1S/C15H12.C15H14.C14H12.C13H12.C10H18.C10H8.C7H14.C7H8.C5H6N2.C5H10O2.2C2H6.8CH3.8Sn.8H/c1-11-14-8-4-2-6-12(14)10-13-7-3-5-9-15(11)13;1-4-7-14-12(3)11(2)10-13-8-5-6-9-15(13)14;1-10-11-6-2-4-8-13(11)14-9-5-3-7-12(10)14;1-11-7-9-13(10-8-11)12-5-3-2-4-6-12;2*1-2-6-10-8-4-3-7-9(10)5-1;2*1-7-5-3-2-4-6-7;2*1-5-6-3-2-4-7-5;2*1-2;;;;;;;;;;;;;;;;;;;;;;;;/h2-10H,1H3;4-10H,1,3H2,2H3;2-10H,1H3;2-10H,1H3;9-10H,1-8H2;1-8H;7H,2-6H2,1H3;2-6H,1H3;2-4H,1H3;5H,2-4H2,1H3;2*1-2H3;8*1H3;;;;;;;;;;;;;;;;/b;14-7+;;;;;;;;;;;;;;;;;;;;;;;;;;;;;;;;;;. The van der Waals surface area contributed by atoms with Gasteiger partial charge in [0.05, 0.1) is 13.2 Å². The average molecular weight is 2530 g/mol. The number of rotatable bonds is 2. The van der Waals surface area contributed by atoms with E-state index >= 15 is 0 Å². The molecule has 3 saturated carbocycles. The minimum Gasteiger partial charge on any atom is -0.0616 e. The first kappa shape index (κ1) is 124. The molecule has 13 aromatic rings. The minimum absolute atomic E-state index is 0.0359. The van der Waals surface area contributed by atoms with Gasteiger partial charge in [0, 0.05) is 18.3 Å². The van der Waals surface area contributed by atoms with E-state index in [0.29, 0.717) is 5.92 Å². The first-order chi connectivity index (χ1) is 61.3. The Morgan fingerprint density at radius 1 is 0.336 bits per heavy atom. The summed E-state index contributed by atoms with van der Waals surface area (Å²) in [7, 11) is 0. The van der Waals surface area contributed by atoms with Crippen LogP contribution >= 0.6 is 0 Å². The molecule has 16 radical (unpaired) electrons. The summed E-state index contributed by atoms with van der Waals surface area (Å²) < 4.78 is 10.1. The van der Waals surface area contributed by atoms with Gasteiger partial charge in [0.1, 0.15) is 5.82 Å². The Kier molecular flexibility index (Phi) is 82.7. The SMILES string of the molecule is C1CCC2CCCCC2C1.C=C/C=c1\c(=C)c(C)cc2ccccc12.CC.CC.CC1CCCCC1.CC1OCCCO1.CC1c2ccccc2-c2ccccc21.Cc1c2ccccc2cc2ccccc12.Cc1ccc(-c2ccccc2)cc1.Cc1ccccc1.Cc1ncccn1.[CH3][SnH].[CH3][SnH].[CH3][SnH].[CH3][SnH].[CH3][SnH].[CH3][SnH].[CH3][SnH].[CH3][SnH].c1ccc2ccccc2c1. The molecular formula is C113H158N2O2Sn8. The van der Waals surface area contributed by atoms with Gasteiger partial charge in [-0.2, -0.15) is 0 Å². The summed E-state index contributed by atoms with van der Waals surface area (Å²) in [6.45, 7) is 34.5. The van der Waals surface area contributed by atoms with Crippen LogP contribution in [-0.2, 0) is 9.47 Å². The van der Waals surface area contributed by atoms with Crippen molar-refractivity contribution in [3.8, 4) is 22.3 Å². The summed E-state index contributed by atoms with van der Waals surface area (Å²) in [5, 5.41) is 12.8. The number of aromatic nitrogens is 2. The van der Waals surface area contributed by atoms with E-state index in [-0.39, 0.29) is 6.29 Å². The Morgan fingerprint density at radius 3 is 1.01 bits per heavy atom. The van der Waals surface area contributed by atoms with Crippen molar-refractivity contribution in [3.63, 3.8) is 0 Å². The second-order valence-electron chi connectivity index (χ2n) is 28.6. The van der Waals surface area contributed by atoms with Gasteiger partial charge in [0.15, 0.2) is 6.29 Å². The van der Waals surface area contributed by atoms with Crippen LogP contribution in [0.2, 0.25) is 39.5 Å². The van der Waals surface area contributed by atoms with E-state index in [0.717, 1.165) is 48.4 Å². The van der Waals surface area contributed by atoms with Gasteiger partial charge in [-0.3, -0.25) is 0 Å². The maximum absolute atomic E-state index is 5.06. The monoisotopic (exact) mass is 2530 g/mol. The molecule has 125 heavy (non-hydrogen) atoms. The zero-order valence-corrected chi connectivity index (χ0v) is 107. The molecule has 1 saturated heterocycles. The molecule has 12 aromatic carbocycles. The molecule has 0 N–H and O–H groups in total. The van der Waals surface area contributed by atoms with E-state index in [2.05, 4.69) is 347 Å². The van der Waals surface area contributed by atoms with Crippen molar-refractivity contribution in [1.29, 1.82) is 0 Å². The van der Waals surface area contributed by atoms with Crippen molar-refractivity contribution < 1.29 is 9.47 Å². The molecule has 4 aliphatic carbocycles. The minimum atomic E-state index is 0.0359. The summed E-state index contributed by atoms with van der Waals surface area (Å²) in [4.78, 5) is 24.8. The van der Waals surface area contributed by atoms with Gasteiger partial charge in [-0.25, -0.2) is 9.97 Å². The summed E-state index contributed by atoms with van der Waals surface area (Å²) in [6.07, 6.45) is 28.2. The van der Waals surface area contributed by atoms with Crippen LogP contribution in [0, 0.1) is 52.4 Å². The third-order valence-corrected chi connectivity index (χ3v) is 20.7. The molecule has 2 heterocycles. The Morgan fingerprint density at radius 2 is 0.664 bits per heavy atom. The van der Waals surface area contributed by atoms with E-state index in [4.69, 9.17) is 9.47 Å². The number of aryl methyl sites for hydroxylation is 5. The molecule has 664 valence electrons. The summed E-state index contributed by atoms with van der Waals surface area (Å²) in [5.41, 5.74) is 13.6. The van der Waals surface area contributed by atoms with Crippen molar-refractivity contribution in [3.05, 3.63) is 348 Å². The van der Waals surface area contributed by atoms with Crippen molar-refractivity contribution in [2.24, 2.45) is 17.8 Å². The molecule has 1 aromatic heterocycles. The molecule has 0 amide bonds. The molecule has 0 atom stereocenters. The maximum Gasteiger partial charge on any atom is -0.0184 e. The van der Waals surface area contributed by atoms with E-state index in [1.807, 2.05) is 78.0 Å². The van der Waals surface area contributed by atoms with E-state index in [1.54, 1.807) is 44.1 Å². The van der Waals surface area contributed by atoms with E-state index in [9.17, 15) is 0 Å². The number of hydrogen-bond donors (Lipinski definition) is 0. The van der Waals surface area contributed by atoms with Gasteiger partial charge in [-0.1, -0.05) is 422 Å². The van der Waals surface area contributed by atoms with Gasteiger partial charge in [0.2, 0.25) is 0 Å². The smallest absolute Gasteiger partial charge is 0.0184 e. The Labute approximate surface area is 869 Å². The van der Waals surface area contributed by atoms with Gasteiger partial charge in [-0.15, -0.1) is 0 Å². The fourth-order valence-corrected chi connectivity index (χ4v) is 14.7. The molecule has 0 unspecified atom stereocenters. The maximum atomic E-state index is 5.06. The number of hydrogen-bond acceptors (Lipinski definition) is 4. The molecule has 18 rings (SSSR count). The molecule has 4 nitrogen and oxygen atoms in total. The average Bonchev–Trinajstić information content (AvgIpc) is 1.70. The number of allylic oxidation sites excluding steroid dienone is 1. The van der Waals surface area contributed by atoms with Crippen LogP contribution in [0.25, 0.3) is 78.0 Å². The predicted octanol–water partition coefficient (Wildman–Crippen LogP) is 28.2. The first-order valence-corrected chi connectivity index (χ1v) is 71.7. The molecule has 12 heteroatoms. The van der Waals surface area contributed by atoms with Crippen LogP contribution in [0.4, 0.5) is 0 Å². The Hall–Kier alpha value is -3.45. The summed E-state index contributed by atoms with van der Waals surface area (Å²) in [5.74, 6) is 4.73. The molecule has 0 bridgehead atoms. The van der Waals surface area contributed by atoms with Crippen molar-refractivity contribution in [1.82, 2.24) is 9.97 Å². The third-order valence-electron chi connectivity index (χ3n) is 20.7. The number of fused-ring (bicyclic) bond motifs is 8. The van der Waals surface area contributed by atoms with E-state index < -0.39 is 0 Å². The molecule has 1 aliphatic heterocycles. The van der Waals surface area contributed by atoms with Gasteiger partial charge >= 0.3 is 220 Å². The molecule has 4 fully saturated rings. The van der Waals surface area contributed by atoms with Crippen LogP contribution in [0.5, 0.6) is 0 Å². The Bertz CT molecular complexity index is 4580. The van der Waals surface area contributed by atoms with Crippen LogP contribution in [0.3, 0.4) is 0 Å². The van der Waals surface area contributed by atoms with Gasteiger partial charge in [-0.05, 0) is 176 Å². The molecular weight excluding hydrogens is 2370 g/mol. The first-order valence-electron chi connectivity index (χ1n) is 45.4. The van der Waals surface area contributed by atoms with Crippen molar-refractivity contribution in [2.45, 2.75) is 225 Å². The van der Waals surface area contributed by atoms with Gasteiger partial charge in [0.25, 0.3) is 0 Å². The van der Waals surface area contributed by atoms with Crippen LogP contribution in [0.15, 0.2) is 298 Å². The quantitative estimate of drug-likeness (QED) is 0.128.